The lowest BCUT2D eigenvalue weighted by Gasteiger charge is -2.01. The minimum absolute atomic E-state index is 0.332. The summed E-state index contributed by atoms with van der Waals surface area (Å²) in [5.41, 5.74) is 0.870. The average molecular weight is 212 g/mol. The van der Waals surface area contributed by atoms with Crippen molar-refractivity contribution in [3.05, 3.63) is 17.0 Å². The molecule has 0 aliphatic heterocycles. The van der Waals surface area contributed by atoms with Gasteiger partial charge in [-0.2, -0.15) is 0 Å². The lowest BCUT2D eigenvalue weighted by atomic mass is 10.1. The van der Waals surface area contributed by atoms with Crippen molar-refractivity contribution in [1.82, 2.24) is 10.5 Å². The normalized spacial score (nSPS) is 10.0. The number of nitrogens with one attached hydrogen (secondary N) is 1. The standard InChI is InChI=1S/C9H12N2O4/c1-3-6-8(5(2)15-11-6)9(14)10-4-7(12)13/h3-4H2,1-2H3,(H,10,14)(H,12,13). The van der Waals surface area contributed by atoms with Crippen LogP contribution >= 0.6 is 0 Å². The van der Waals surface area contributed by atoms with Crippen molar-refractivity contribution >= 4 is 11.9 Å². The summed E-state index contributed by atoms with van der Waals surface area (Å²) in [7, 11) is 0. The highest BCUT2D eigenvalue weighted by molar-refractivity contribution is 5.97. The molecule has 2 N–H and O–H groups in total. The Hall–Kier alpha value is -1.85. The molecule has 0 fully saturated rings. The van der Waals surface area contributed by atoms with E-state index in [4.69, 9.17) is 9.63 Å². The van der Waals surface area contributed by atoms with Crippen LogP contribution in [0.2, 0.25) is 0 Å². The number of amides is 1. The van der Waals surface area contributed by atoms with Crippen molar-refractivity contribution in [3.63, 3.8) is 0 Å². The summed E-state index contributed by atoms with van der Waals surface area (Å²) in [6, 6.07) is 0. The third-order valence-corrected chi connectivity index (χ3v) is 1.90. The number of nitrogens with zero attached hydrogens (tertiary/aromatic N) is 1. The molecular weight excluding hydrogens is 200 g/mol. The molecule has 6 heteroatoms. The minimum Gasteiger partial charge on any atom is -0.480 e. The second kappa shape index (κ2) is 4.59. The molecule has 1 heterocycles. The van der Waals surface area contributed by atoms with E-state index in [-0.39, 0.29) is 0 Å². The minimum atomic E-state index is -1.09. The van der Waals surface area contributed by atoms with Gasteiger partial charge >= 0.3 is 5.97 Å². The Morgan fingerprint density at radius 2 is 2.20 bits per heavy atom. The van der Waals surface area contributed by atoms with Gasteiger partial charge in [0.2, 0.25) is 0 Å². The first-order chi connectivity index (χ1) is 7.06. The zero-order valence-electron chi connectivity index (χ0n) is 8.53. The van der Waals surface area contributed by atoms with Gasteiger partial charge in [0, 0.05) is 0 Å². The van der Waals surface area contributed by atoms with Gasteiger partial charge in [0.15, 0.2) is 0 Å². The highest BCUT2D eigenvalue weighted by atomic mass is 16.5. The van der Waals surface area contributed by atoms with Crippen molar-refractivity contribution in [3.8, 4) is 0 Å². The Bertz CT molecular complexity index is 383. The lowest BCUT2D eigenvalue weighted by molar-refractivity contribution is -0.135. The van der Waals surface area contributed by atoms with Crippen LogP contribution in [0.25, 0.3) is 0 Å². The van der Waals surface area contributed by atoms with Crippen LogP contribution in [0.3, 0.4) is 0 Å². The van der Waals surface area contributed by atoms with Crippen molar-refractivity contribution in [2.75, 3.05) is 6.54 Å². The predicted molar refractivity (Wildman–Crippen MR) is 50.6 cm³/mol. The molecule has 15 heavy (non-hydrogen) atoms. The number of hydrogen-bond acceptors (Lipinski definition) is 4. The SMILES string of the molecule is CCc1noc(C)c1C(=O)NCC(=O)O. The van der Waals surface area contributed by atoms with Gasteiger partial charge in [-0.3, -0.25) is 9.59 Å². The highest BCUT2D eigenvalue weighted by Crippen LogP contribution is 2.13. The van der Waals surface area contributed by atoms with E-state index < -0.39 is 18.4 Å². The van der Waals surface area contributed by atoms with Crippen LogP contribution < -0.4 is 5.32 Å². The monoisotopic (exact) mass is 212 g/mol. The maximum absolute atomic E-state index is 11.5. The Balaban J connectivity index is 2.80. The van der Waals surface area contributed by atoms with E-state index >= 15 is 0 Å². The number of hydrogen-bond donors (Lipinski definition) is 2. The summed E-state index contributed by atoms with van der Waals surface area (Å²) < 4.78 is 4.86. The van der Waals surface area contributed by atoms with Crippen LogP contribution in [0.5, 0.6) is 0 Å². The van der Waals surface area contributed by atoms with E-state index in [1.165, 1.54) is 0 Å². The van der Waals surface area contributed by atoms with Gasteiger partial charge in [-0.1, -0.05) is 12.1 Å². The third-order valence-electron chi connectivity index (χ3n) is 1.90. The highest BCUT2D eigenvalue weighted by Gasteiger charge is 2.19. The maximum atomic E-state index is 11.5. The zero-order chi connectivity index (χ0) is 11.4. The molecular formula is C9H12N2O4. The van der Waals surface area contributed by atoms with Gasteiger partial charge in [0.25, 0.3) is 5.91 Å². The smallest absolute Gasteiger partial charge is 0.322 e. The van der Waals surface area contributed by atoms with Gasteiger partial charge in [-0.25, -0.2) is 0 Å². The van der Waals surface area contributed by atoms with Crippen molar-refractivity contribution in [1.29, 1.82) is 0 Å². The Morgan fingerprint density at radius 1 is 1.53 bits per heavy atom. The van der Waals surface area contributed by atoms with Gasteiger partial charge in [0.1, 0.15) is 17.9 Å². The van der Waals surface area contributed by atoms with Crippen LogP contribution in [0.1, 0.15) is 28.7 Å². The van der Waals surface area contributed by atoms with Crippen LogP contribution in [0, 0.1) is 6.92 Å². The van der Waals surface area contributed by atoms with Crippen molar-refractivity contribution < 1.29 is 19.2 Å². The molecule has 0 radical (unpaired) electrons. The topological polar surface area (TPSA) is 92.4 Å². The first-order valence-electron chi connectivity index (χ1n) is 4.51. The van der Waals surface area contributed by atoms with Gasteiger partial charge in [0.05, 0.1) is 5.69 Å². The molecule has 0 unspecified atom stereocenters. The molecule has 6 nitrogen and oxygen atoms in total. The molecule has 0 aliphatic carbocycles. The fraction of sp³-hybridized carbons (Fsp3) is 0.444. The molecule has 1 aromatic heterocycles. The van der Waals surface area contributed by atoms with Crippen LogP contribution in [-0.2, 0) is 11.2 Å². The fourth-order valence-electron chi connectivity index (χ4n) is 1.19. The quantitative estimate of drug-likeness (QED) is 0.751. The van der Waals surface area contributed by atoms with E-state index in [0.717, 1.165) is 0 Å². The molecule has 1 aromatic rings. The molecule has 0 atom stereocenters. The predicted octanol–water partition coefficient (Wildman–Crippen LogP) is 0.360. The molecule has 0 bridgehead atoms. The van der Waals surface area contributed by atoms with Gasteiger partial charge in [-0.15, -0.1) is 0 Å². The zero-order valence-corrected chi connectivity index (χ0v) is 8.53. The third kappa shape index (κ3) is 2.55. The van der Waals surface area contributed by atoms with Crippen LogP contribution in [0.4, 0.5) is 0 Å². The number of carboxylic acid groups (broad SMARTS) is 1. The number of aryl methyl sites for hydroxylation is 2. The average Bonchev–Trinajstić information content (AvgIpc) is 2.56. The molecule has 1 amide bonds. The van der Waals surface area contributed by atoms with E-state index in [0.29, 0.717) is 23.4 Å². The number of carboxylic acids is 1. The van der Waals surface area contributed by atoms with Gasteiger partial charge in [-0.05, 0) is 13.3 Å². The fourth-order valence-corrected chi connectivity index (χ4v) is 1.19. The summed E-state index contributed by atoms with van der Waals surface area (Å²) in [4.78, 5) is 21.8. The molecule has 82 valence electrons. The van der Waals surface area contributed by atoms with E-state index in [2.05, 4.69) is 10.5 Å². The first kappa shape index (κ1) is 11.2. The first-order valence-corrected chi connectivity index (χ1v) is 4.51. The summed E-state index contributed by atoms with van der Waals surface area (Å²) in [6.45, 7) is 3.04. The molecule has 1 rings (SSSR count). The van der Waals surface area contributed by atoms with Crippen LogP contribution in [-0.4, -0.2) is 28.7 Å². The maximum Gasteiger partial charge on any atom is 0.322 e. The van der Waals surface area contributed by atoms with Gasteiger partial charge < -0.3 is 14.9 Å². The van der Waals surface area contributed by atoms with Crippen LogP contribution in [0.15, 0.2) is 4.52 Å². The number of aliphatic carboxylic acids is 1. The van der Waals surface area contributed by atoms with E-state index in [1.54, 1.807) is 6.92 Å². The molecule has 0 spiro atoms. The summed E-state index contributed by atoms with van der Waals surface area (Å²) >= 11 is 0. The Morgan fingerprint density at radius 3 is 2.73 bits per heavy atom. The van der Waals surface area contributed by atoms with E-state index in [1.807, 2.05) is 6.92 Å². The number of carbonyl (C=O) groups is 2. The number of carbonyl (C=O) groups excluding carboxylic acids is 1. The largest absolute Gasteiger partial charge is 0.480 e. The Labute approximate surface area is 86.3 Å². The summed E-state index contributed by atoms with van der Waals surface area (Å²) in [6.07, 6.45) is 0.563. The molecule has 0 saturated heterocycles. The molecule has 0 saturated carbocycles. The van der Waals surface area contributed by atoms with Crippen molar-refractivity contribution in [2.24, 2.45) is 0 Å². The number of aromatic nitrogens is 1. The molecule has 0 aromatic carbocycles. The Kier molecular flexibility index (Phi) is 3.43. The van der Waals surface area contributed by atoms with E-state index in [9.17, 15) is 9.59 Å². The summed E-state index contributed by atoms with van der Waals surface area (Å²) in [5.74, 6) is -1.15. The lowest BCUT2D eigenvalue weighted by Crippen LogP contribution is -2.30. The second-order valence-electron chi connectivity index (χ2n) is 2.99. The van der Waals surface area contributed by atoms with Crippen molar-refractivity contribution in [2.45, 2.75) is 20.3 Å². The molecule has 0 aliphatic rings. The number of rotatable bonds is 4. The second-order valence-corrected chi connectivity index (χ2v) is 2.99. The summed E-state index contributed by atoms with van der Waals surface area (Å²) in [5, 5.41) is 14.4.